The van der Waals surface area contributed by atoms with Crippen LogP contribution < -0.4 is 22.9 Å². The van der Waals surface area contributed by atoms with Crippen LogP contribution in [0.1, 0.15) is 74.7 Å². The summed E-state index contributed by atoms with van der Waals surface area (Å²) in [5.74, 6) is -1.47. The van der Waals surface area contributed by atoms with Gasteiger partial charge in [0, 0.05) is 13.0 Å². The lowest BCUT2D eigenvalue weighted by Crippen LogP contribution is -2.42. The van der Waals surface area contributed by atoms with Crippen molar-refractivity contribution in [2.24, 2.45) is 11.5 Å². The molecule has 1 aromatic heterocycles. The van der Waals surface area contributed by atoms with Crippen molar-refractivity contribution < 1.29 is 9.59 Å². The van der Waals surface area contributed by atoms with Crippen LogP contribution in [0.5, 0.6) is 0 Å². The van der Waals surface area contributed by atoms with Gasteiger partial charge in [-0.25, -0.2) is 9.97 Å². The Hall–Kier alpha value is -2.62. The molecule has 0 spiro atoms. The predicted molar refractivity (Wildman–Crippen MR) is 114 cm³/mol. The molecule has 0 unspecified atom stereocenters. The number of rotatable bonds is 13. The number of nitrogen functional groups attached to an aromatic ring is 2. The summed E-state index contributed by atoms with van der Waals surface area (Å²) < 4.78 is 0. The van der Waals surface area contributed by atoms with Gasteiger partial charge in [0.05, 0.1) is 0 Å². The summed E-state index contributed by atoms with van der Waals surface area (Å²) in [5, 5.41) is 7.53. The molecule has 1 heterocycles. The van der Waals surface area contributed by atoms with E-state index in [1.54, 1.807) is 0 Å². The average Bonchev–Trinajstić information content (AvgIpc) is 2.64. The van der Waals surface area contributed by atoms with E-state index in [0.717, 1.165) is 56.3 Å². The Balaban J connectivity index is 2.32. The van der Waals surface area contributed by atoms with Crippen molar-refractivity contribution in [3.05, 3.63) is 10.8 Å². The van der Waals surface area contributed by atoms with Gasteiger partial charge in [-0.05, 0) is 12.8 Å². The molecule has 0 aliphatic rings. The zero-order chi connectivity index (χ0) is 21.8. The molecule has 0 bridgehead atoms. The molecule has 0 aromatic carbocycles. The summed E-state index contributed by atoms with van der Waals surface area (Å²) in [6.45, 7) is 0.282. The van der Waals surface area contributed by atoms with Gasteiger partial charge < -0.3 is 22.9 Å². The van der Waals surface area contributed by atoms with Gasteiger partial charge in [0.1, 0.15) is 0 Å². The highest BCUT2D eigenvalue weighted by Gasteiger charge is 2.23. The van der Waals surface area contributed by atoms with Crippen LogP contribution in [0.2, 0.25) is 5.15 Å². The summed E-state index contributed by atoms with van der Waals surface area (Å²) >= 11 is 5.81. The SMILES string of the molecule is N=C(N)N(CCCCCCCCCCCC(N)=O)C(=O)c1nc(Cl)c(N)nc1N. The molecule has 0 aliphatic carbocycles. The zero-order valence-corrected chi connectivity index (χ0v) is 17.4. The molecule has 10 nitrogen and oxygen atoms in total. The Kier molecular flexibility index (Phi) is 10.7. The molecule has 0 radical (unpaired) electrons. The van der Waals surface area contributed by atoms with Crippen LogP contribution in [0.3, 0.4) is 0 Å². The Labute approximate surface area is 175 Å². The van der Waals surface area contributed by atoms with Gasteiger partial charge in [0.15, 0.2) is 28.4 Å². The molecule has 11 heteroatoms. The first-order chi connectivity index (χ1) is 13.7. The fraction of sp³-hybridized carbons (Fsp3) is 0.611. The molecule has 29 heavy (non-hydrogen) atoms. The maximum absolute atomic E-state index is 12.6. The fourth-order valence-corrected chi connectivity index (χ4v) is 2.99. The molecule has 1 rings (SSSR count). The zero-order valence-electron chi connectivity index (χ0n) is 16.6. The number of guanidine groups is 1. The normalized spacial score (nSPS) is 10.7. The summed E-state index contributed by atoms with van der Waals surface area (Å²) in [6, 6.07) is 0. The number of anilines is 2. The lowest BCUT2D eigenvalue weighted by molar-refractivity contribution is -0.118. The van der Waals surface area contributed by atoms with Crippen molar-refractivity contribution in [3.8, 4) is 0 Å². The van der Waals surface area contributed by atoms with Crippen molar-refractivity contribution in [2.75, 3.05) is 18.0 Å². The van der Waals surface area contributed by atoms with Gasteiger partial charge in [-0.15, -0.1) is 0 Å². The Bertz CT molecular complexity index is 713. The molecule has 0 aliphatic heterocycles. The van der Waals surface area contributed by atoms with Crippen molar-refractivity contribution in [2.45, 2.75) is 64.2 Å². The van der Waals surface area contributed by atoms with Gasteiger partial charge in [0.2, 0.25) is 5.91 Å². The van der Waals surface area contributed by atoms with E-state index in [-0.39, 0.29) is 40.9 Å². The van der Waals surface area contributed by atoms with Crippen LogP contribution in [0, 0.1) is 5.41 Å². The van der Waals surface area contributed by atoms with Crippen molar-refractivity contribution >= 4 is 41.0 Å². The number of nitrogens with one attached hydrogen (secondary N) is 1. The first kappa shape index (κ1) is 24.4. The van der Waals surface area contributed by atoms with Gasteiger partial charge in [-0.3, -0.25) is 19.9 Å². The largest absolute Gasteiger partial charge is 0.382 e. The molecule has 0 fully saturated rings. The number of hydrogen-bond donors (Lipinski definition) is 5. The minimum Gasteiger partial charge on any atom is -0.382 e. The number of nitrogens with zero attached hydrogens (tertiary/aromatic N) is 3. The van der Waals surface area contributed by atoms with Crippen molar-refractivity contribution in [1.29, 1.82) is 5.41 Å². The fourth-order valence-electron chi connectivity index (χ4n) is 2.86. The highest BCUT2D eigenvalue weighted by atomic mass is 35.5. The van der Waals surface area contributed by atoms with E-state index in [0.29, 0.717) is 12.8 Å². The van der Waals surface area contributed by atoms with E-state index in [9.17, 15) is 9.59 Å². The standard InChI is InChI=1S/C18H31ClN8O2/c19-14-16(22)26-15(21)13(25-14)17(29)27(18(23)24)11-9-7-5-3-1-2-4-6-8-10-12(20)28/h1-11H2,(H2,20,28)(H3,23,24)(H4,21,22,26). The van der Waals surface area contributed by atoms with Gasteiger partial charge in [-0.2, -0.15) is 0 Å². The maximum atomic E-state index is 12.6. The summed E-state index contributed by atoms with van der Waals surface area (Å²) in [5.41, 5.74) is 21.7. The molecule has 0 saturated heterocycles. The highest BCUT2D eigenvalue weighted by molar-refractivity contribution is 6.31. The maximum Gasteiger partial charge on any atom is 0.283 e. The summed E-state index contributed by atoms with van der Waals surface area (Å²) in [7, 11) is 0. The highest BCUT2D eigenvalue weighted by Crippen LogP contribution is 2.19. The molecular weight excluding hydrogens is 396 g/mol. The lowest BCUT2D eigenvalue weighted by Gasteiger charge is -2.20. The molecule has 162 valence electrons. The smallest absolute Gasteiger partial charge is 0.283 e. The minimum absolute atomic E-state index is 0.0667. The lowest BCUT2D eigenvalue weighted by atomic mass is 10.1. The van der Waals surface area contributed by atoms with Gasteiger partial charge in [0.25, 0.3) is 5.91 Å². The summed E-state index contributed by atoms with van der Waals surface area (Å²) in [6.07, 6.45) is 9.43. The second kappa shape index (κ2) is 12.8. The predicted octanol–water partition coefficient (Wildman–Crippen LogP) is 2.02. The van der Waals surface area contributed by atoms with E-state index in [4.69, 9.17) is 39.9 Å². The number of aromatic nitrogens is 2. The average molecular weight is 427 g/mol. The Morgan fingerprint density at radius 3 is 1.90 bits per heavy atom. The molecular formula is C18H31ClN8O2. The van der Waals surface area contributed by atoms with Crippen LogP contribution >= 0.6 is 11.6 Å². The third-order valence-electron chi connectivity index (χ3n) is 4.45. The quantitative estimate of drug-likeness (QED) is 0.181. The van der Waals surface area contributed by atoms with Crippen LogP contribution in [-0.4, -0.2) is 39.2 Å². The van der Waals surface area contributed by atoms with E-state index in [1.807, 2.05) is 0 Å². The topological polar surface area (TPSA) is 191 Å². The van der Waals surface area contributed by atoms with Crippen molar-refractivity contribution in [3.63, 3.8) is 0 Å². The van der Waals surface area contributed by atoms with Crippen LogP contribution in [0.4, 0.5) is 11.6 Å². The number of carbonyl (C=O) groups is 2. The second-order valence-corrected chi connectivity index (χ2v) is 7.23. The number of nitrogens with two attached hydrogens (primary N) is 4. The Morgan fingerprint density at radius 1 is 0.862 bits per heavy atom. The number of hydrogen-bond acceptors (Lipinski definition) is 7. The van der Waals surface area contributed by atoms with Gasteiger partial charge >= 0.3 is 0 Å². The number of primary amides is 1. The number of unbranched alkanes of at least 4 members (excludes halogenated alkanes) is 8. The van der Waals surface area contributed by atoms with Crippen LogP contribution in [0.15, 0.2) is 0 Å². The number of amides is 2. The van der Waals surface area contributed by atoms with Crippen LogP contribution in [-0.2, 0) is 4.79 Å². The van der Waals surface area contributed by atoms with Crippen LogP contribution in [0.25, 0.3) is 0 Å². The molecule has 0 saturated carbocycles. The van der Waals surface area contributed by atoms with Crippen molar-refractivity contribution in [1.82, 2.24) is 14.9 Å². The Morgan fingerprint density at radius 2 is 1.38 bits per heavy atom. The first-order valence-electron chi connectivity index (χ1n) is 9.76. The van der Waals surface area contributed by atoms with E-state index in [2.05, 4.69) is 9.97 Å². The molecule has 1 aromatic rings. The van der Waals surface area contributed by atoms with E-state index < -0.39 is 5.91 Å². The minimum atomic E-state index is -0.625. The number of halogens is 1. The monoisotopic (exact) mass is 426 g/mol. The molecule has 2 amide bonds. The van der Waals surface area contributed by atoms with E-state index >= 15 is 0 Å². The van der Waals surface area contributed by atoms with Gasteiger partial charge in [-0.1, -0.05) is 56.5 Å². The van der Waals surface area contributed by atoms with E-state index in [1.165, 1.54) is 0 Å². The second-order valence-electron chi connectivity index (χ2n) is 6.87. The third-order valence-corrected chi connectivity index (χ3v) is 4.73. The first-order valence-corrected chi connectivity index (χ1v) is 10.1. The molecule has 9 N–H and O–H groups in total. The number of carbonyl (C=O) groups excluding carboxylic acids is 2. The summed E-state index contributed by atoms with van der Waals surface area (Å²) in [4.78, 5) is 32.0. The molecule has 0 atom stereocenters. The third kappa shape index (κ3) is 8.95.